The molecule has 1 aliphatic heterocycles. The van der Waals surface area contributed by atoms with E-state index in [-0.39, 0.29) is 23.3 Å². The van der Waals surface area contributed by atoms with Crippen molar-refractivity contribution in [3.8, 4) is 0 Å². The van der Waals surface area contributed by atoms with Gasteiger partial charge in [0.25, 0.3) is 0 Å². The predicted octanol–water partition coefficient (Wildman–Crippen LogP) is 1.58. The van der Waals surface area contributed by atoms with Crippen molar-refractivity contribution < 1.29 is 17.9 Å². The van der Waals surface area contributed by atoms with E-state index < -0.39 is 9.84 Å². The number of amides is 1. The molecule has 0 bridgehead atoms. The number of hydrogen-bond donors (Lipinski definition) is 1. The van der Waals surface area contributed by atoms with Crippen LogP contribution in [-0.4, -0.2) is 45.6 Å². The highest BCUT2D eigenvalue weighted by atomic mass is 32.2. The molecule has 1 unspecified atom stereocenters. The van der Waals surface area contributed by atoms with Gasteiger partial charge in [-0.2, -0.15) is 0 Å². The Morgan fingerprint density at radius 3 is 2.70 bits per heavy atom. The Labute approximate surface area is 138 Å². The first-order chi connectivity index (χ1) is 11.1. The van der Waals surface area contributed by atoms with Crippen molar-refractivity contribution in [3.63, 3.8) is 0 Å². The minimum absolute atomic E-state index is 0.0269. The van der Waals surface area contributed by atoms with Crippen molar-refractivity contribution in [2.45, 2.75) is 25.7 Å². The van der Waals surface area contributed by atoms with Crippen LogP contribution in [0.3, 0.4) is 0 Å². The topological polar surface area (TPSA) is 72.5 Å². The maximum absolute atomic E-state index is 11.7. The lowest BCUT2D eigenvalue weighted by Gasteiger charge is -2.09. The highest BCUT2D eigenvalue weighted by Crippen LogP contribution is 2.17. The van der Waals surface area contributed by atoms with Crippen LogP contribution in [0.4, 0.5) is 0 Å². The molecule has 1 atom stereocenters. The molecular formula is C17H25NO4S. The Hall–Kier alpha value is -1.40. The summed E-state index contributed by atoms with van der Waals surface area (Å²) in [7, 11) is -2.86. The number of carbonyl (C=O) groups excluding carboxylic acids is 1. The molecular weight excluding hydrogens is 314 g/mol. The molecule has 0 aliphatic carbocycles. The van der Waals surface area contributed by atoms with Gasteiger partial charge in [-0.05, 0) is 30.7 Å². The summed E-state index contributed by atoms with van der Waals surface area (Å²) in [4.78, 5) is 11.7. The highest BCUT2D eigenvalue weighted by Gasteiger charge is 2.27. The van der Waals surface area contributed by atoms with Crippen LogP contribution in [0.5, 0.6) is 0 Å². The number of benzene rings is 1. The van der Waals surface area contributed by atoms with Gasteiger partial charge in [0.2, 0.25) is 5.91 Å². The Kier molecular flexibility index (Phi) is 7.05. The first kappa shape index (κ1) is 17.9. The maximum atomic E-state index is 11.7. The van der Waals surface area contributed by atoms with Crippen LogP contribution in [0.2, 0.25) is 0 Å². The van der Waals surface area contributed by atoms with Gasteiger partial charge < -0.3 is 10.1 Å². The van der Waals surface area contributed by atoms with Gasteiger partial charge in [0.15, 0.2) is 9.84 Å². The fourth-order valence-corrected chi connectivity index (χ4v) is 4.51. The van der Waals surface area contributed by atoms with Gasteiger partial charge in [-0.25, -0.2) is 8.42 Å². The summed E-state index contributed by atoms with van der Waals surface area (Å²) in [6, 6.07) is 10.1. The van der Waals surface area contributed by atoms with Crippen LogP contribution in [0.15, 0.2) is 30.3 Å². The van der Waals surface area contributed by atoms with E-state index in [2.05, 4.69) is 17.4 Å². The molecule has 128 valence electrons. The molecule has 1 saturated heterocycles. The van der Waals surface area contributed by atoms with E-state index in [1.807, 2.05) is 18.2 Å². The van der Waals surface area contributed by atoms with Crippen molar-refractivity contribution in [2.75, 3.05) is 31.3 Å². The van der Waals surface area contributed by atoms with E-state index in [1.165, 1.54) is 5.56 Å². The highest BCUT2D eigenvalue weighted by molar-refractivity contribution is 7.91. The monoisotopic (exact) mass is 339 g/mol. The fourth-order valence-electron chi connectivity index (χ4n) is 2.65. The SMILES string of the molecule is O=C(CCCOCCc1ccccc1)NCC1CCS(=O)(=O)C1. The largest absolute Gasteiger partial charge is 0.381 e. The van der Waals surface area contributed by atoms with Gasteiger partial charge in [0.1, 0.15) is 0 Å². The molecule has 1 fully saturated rings. The third-order valence-electron chi connectivity index (χ3n) is 3.99. The van der Waals surface area contributed by atoms with Crippen molar-refractivity contribution in [2.24, 2.45) is 5.92 Å². The summed E-state index contributed by atoms with van der Waals surface area (Å²) in [6.07, 6.45) is 2.64. The zero-order valence-corrected chi connectivity index (χ0v) is 14.2. The van der Waals surface area contributed by atoms with Crippen LogP contribution in [0, 0.1) is 5.92 Å². The Bertz CT molecular complexity index is 586. The Morgan fingerprint density at radius 2 is 2.00 bits per heavy atom. The van der Waals surface area contributed by atoms with Crippen LogP contribution < -0.4 is 5.32 Å². The summed E-state index contributed by atoms with van der Waals surface area (Å²) in [5.74, 6) is 0.505. The molecule has 1 aromatic rings. The van der Waals surface area contributed by atoms with Crippen molar-refractivity contribution in [1.29, 1.82) is 0 Å². The Morgan fingerprint density at radius 1 is 1.22 bits per heavy atom. The zero-order chi connectivity index (χ0) is 16.5. The molecule has 2 rings (SSSR count). The molecule has 1 N–H and O–H groups in total. The van der Waals surface area contributed by atoms with E-state index >= 15 is 0 Å². The number of nitrogens with one attached hydrogen (secondary N) is 1. The van der Waals surface area contributed by atoms with Gasteiger partial charge in [0, 0.05) is 19.6 Å². The molecule has 0 spiro atoms. The lowest BCUT2D eigenvalue weighted by Crippen LogP contribution is -2.29. The summed E-state index contributed by atoms with van der Waals surface area (Å²) in [5, 5.41) is 2.82. The molecule has 23 heavy (non-hydrogen) atoms. The molecule has 0 saturated carbocycles. The summed E-state index contributed by atoms with van der Waals surface area (Å²) >= 11 is 0. The van der Waals surface area contributed by atoms with Crippen LogP contribution in [0.25, 0.3) is 0 Å². The van der Waals surface area contributed by atoms with E-state index in [0.717, 1.165) is 6.42 Å². The smallest absolute Gasteiger partial charge is 0.220 e. The molecule has 1 heterocycles. The van der Waals surface area contributed by atoms with Gasteiger partial charge in [-0.3, -0.25) is 4.79 Å². The molecule has 0 radical (unpaired) electrons. The second kappa shape index (κ2) is 9.03. The first-order valence-corrected chi connectivity index (χ1v) is 9.96. The number of carbonyl (C=O) groups is 1. The Balaban J connectivity index is 1.47. The minimum atomic E-state index is -2.86. The quantitative estimate of drug-likeness (QED) is 0.693. The second-order valence-corrected chi connectivity index (χ2v) is 8.25. The summed E-state index contributed by atoms with van der Waals surface area (Å²) in [5.41, 5.74) is 1.25. The number of rotatable bonds is 9. The van der Waals surface area contributed by atoms with Gasteiger partial charge in [0.05, 0.1) is 18.1 Å². The third kappa shape index (κ3) is 7.14. The van der Waals surface area contributed by atoms with Crippen LogP contribution in [-0.2, 0) is 25.8 Å². The van der Waals surface area contributed by atoms with E-state index in [9.17, 15) is 13.2 Å². The average Bonchev–Trinajstić information content (AvgIpc) is 2.89. The third-order valence-corrected chi connectivity index (χ3v) is 5.82. The van der Waals surface area contributed by atoms with Gasteiger partial charge in [-0.1, -0.05) is 30.3 Å². The average molecular weight is 339 g/mol. The maximum Gasteiger partial charge on any atom is 0.220 e. The normalized spacial score (nSPS) is 19.6. The standard InChI is InChI=1S/C17H25NO4S/c19-17(18-13-16-9-12-23(20,21)14-16)7-4-10-22-11-8-15-5-2-1-3-6-15/h1-3,5-6,16H,4,7-14H2,(H,18,19). The van der Waals surface area contributed by atoms with Gasteiger partial charge in [-0.15, -0.1) is 0 Å². The van der Waals surface area contributed by atoms with E-state index in [0.29, 0.717) is 39.0 Å². The fraction of sp³-hybridized carbons (Fsp3) is 0.588. The predicted molar refractivity (Wildman–Crippen MR) is 90.0 cm³/mol. The van der Waals surface area contributed by atoms with Crippen molar-refractivity contribution in [1.82, 2.24) is 5.32 Å². The summed E-state index contributed by atoms with van der Waals surface area (Å²) in [6.45, 7) is 1.69. The zero-order valence-electron chi connectivity index (χ0n) is 13.4. The van der Waals surface area contributed by atoms with Gasteiger partial charge >= 0.3 is 0 Å². The molecule has 1 amide bonds. The lowest BCUT2D eigenvalue weighted by molar-refractivity contribution is -0.121. The number of hydrogen-bond acceptors (Lipinski definition) is 4. The van der Waals surface area contributed by atoms with Crippen molar-refractivity contribution >= 4 is 15.7 Å². The lowest BCUT2D eigenvalue weighted by atomic mass is 10.1. The summed E-state index contributed by atoms with van der Waals surface area (Å²) < 4.78 is 28.2. The molecule has 0 aromatic heterocycles. The number of ether oxygens (including phenoxy) is 1. The molecule has 1 aliphatic rings. The van der Waals surface area contributed by atoms with Crippen molar-refractivity contribution in [3.05, 3.63) is 35.9 Å². The van der Waals surface area contributed by atoms with E-state index in [1.54, 1.807) is 0 Å². The first-order valence-electron chi connectivity index (χ1n) is 8.14. The second-order valence-electron chi connectivity index (χ2n) is 6.02. The minimum Gasteiger partial charge on any atom is -0.381 e. The van der Waals surface area contributed by atoms with Crippen LogP contribution in [0.1, 0.15) is 24.8 Å². The molecule has 5 nitrogen and oxygen atoms in total. The number of sulfone groups is 1. The van der Waals surface area contributed by atoms with Crippen LogP contribution >= 0.6 is 0 Å². The van der Waals surface area contributed by atoms with E-state index in [4.69, 9.17) is 4.74 Å². The molecule has 6 heteroatoms. The molecule has 1 aromatic carbocycles.